The van der Waals surface area contributed by atoms with Gasteiger partial charge in [-0.1, -0.05) is 286 Å². The van der Waals surface area contributed by atoms with Gasteiger partial charge in [-0.05, 0) is 83.5 Å². The second-order valence-electron chi connectivity index (χ2n) is 22.9. The highest BCUT2D eigenvalue weighted by Crippen LogP contribution is 2.23. The standard InChI is InChI=1S/C69H125NO8/c1-3-5-7-9-11-13-15-17-19-21-23-25-27-29-31-33-34-36-38-40-42-44-46-48-50-52-54-56-58-63(72)62(61-77-69-68(76)67(75)66(74)64(60-71)78-69)70-65(73)59-57-55-53-51-49-47-45-43-41-39-37-35-32-30-28-26-24-22-20-18-16-14-12-10-8-6-4-2/h16,18,22,24,28,30,40,42,48,50,56,58,62-64,66-69,71-72,74-76H,3-15,17,19-21,23,25-27,29,31-39,41,43-47,49,51-55,57,59-61H2,1-2H3,(H,70,73)/b18-16-,24-22-,30-28-,42-40+,50-48+,58-56+. The molecule has 0 aliphatic carbocycles. The lowest BCUT2D eigenvalue weighted by atomic mass is 9.99. The van der Waals surface area contributed by atoms with Crippen LogP contribution < -0.4 is 5.32 Å². The molecule has 0 radical (unpaired) electrons. The number of allylic oxidation sites excluding steroid dienone is 11. The fourth-order valence-corrected chi connectivity index (χ4v) is 10.3. The quantitative estimate of drug-likeness (QED) is 0.0261. The van der Waals surface area contributed by atoms with Gasteiger partial charge in [0.25, 0.3) is 0 Å². The minimum atomic E-state index is -1.58. The van der Waals surface area contributed by atoms with Crippen LogP contribution in [0.1, 0.15) is 303 Å². The Morgan fingerprint density at radius 3 is 1.17 bits per heavy atom. The molecule has 0 aromatic rings. The highest BCUT2D eigenvalue weighted by Gasteiger charge is 2.44. The Labute approximate surface area is 480 Å². The molecule has 0 aromatic carbocycles. The van der Waals surface area contributed by atoms with Gasteiger partial charge in [0.15, 0.2) is 6.29 Å². The molecule has 1 amide bonds. The van der Waals surface area contributed by atoms with E-state index in [0.29, 0.717) is 6.42 Å². The van der Waals surface area contributed by atoms with Gasteiger partial charge >= 0.3 is 0 Å². The number of carbonyl (C=O) groups excluding carboxylic acids is 1. The van der Waals surface area contributed by atoms with Crippen LogP contribution in [0.15, 0.2) is 72.9 Å². The van der Waals surface area contributed by atoms with Crippen molar-refractivity contribution in [2.45, 2.75) is 346 Å². The number of nitrogens with one attached hydrogen (secondary N) is 1. The van der Waals surface area contributed by atoms with E-state index in [2.05, 4.69) is 79.9 Å². The van der Waals surface area contributed by atoms with Crippen LogP contribution in [0.4, 0.5) is 0 Å². The maximum atomic E-state index is 13.1. The van der Waals surface area contributed by atoms with Crippen molar-refractivity contribution in [1.29, 1.82) is 0 Å². The zero-order valence-corrected chi connectivity index (χ0v) is 50.7. The van der Waals surface area contributed by atoms with Crippen LogP contribution in [0.5, 0.6) is 0 Å². The van der Waals surface area contributed by atoms with Crippen LogP contribution >= 0.6 is 0 Å². The zero-order valence-electron chi connectivity index (χ0n) is 50.7. The van der Waals surface area contributed by atoms with Gasteiger partial charge in [-0.3, -0.25) is 4.79 Å². The first-order chi connectivity index (χ1) is 38.3. The molecule has 0 aromatic heterocycles. The summed E-state index contributed by atoms with van der Waals surface area (Å²) in [5.41, 5.74) is 0. The molecule has 6 N–H and O–H groups in total. The highest BCUT2D eigenvalue weighted by molar-refractivity contribution is 5.76. The van der Waals surface area contributed by atoms with Gasteiger partial charge in [-0.2, -0.15) is 0 Å². The summed E-state index contributed by atoms with van der Waals surface area (Å²) in [7, 11) is 0. The SMILES string of the molecule is CCCCCCC/C=C\C/C=C\C/C=C\CCCCCCCCCCCCCCC(=O)NC(COC1OC(CO)C(O)C(O)C1O)C(O)/C=C/CC/C=C/CC/C=C/CCCCCCCCCCCCCCCCCCCC. The summed E-state index contributed by atoms with van der Waals surface area (Å²) in [6.45, 7) is 3.78. The lowest BCUT2D eigenvalue weighted by Gasteiger charge is -2.40. The molecule has 78 heavy (non-hydrogen) atoms. The van der Waals surface area contributed by atoms with Crippen LogP contribution in [0.2, 0.25) is 0 Å². The van der Waals surface area contributed by atoms with E-state index >= 15 is 0 Å². The first kappa shape index (κ1) is 73.6. The van der Waals surface area contributed by atoms with E-state index in [4.69, 9.17) is 9.47 Å². The second-order valence-corrected chi connectivity index (χ2v) is 22.9. The molecule has 9 nitrogen and oxygen atoms in total. The van der Waals surface area contributed by atoms with Crippen molar-refractivity contribution in [1.82, 2.24) is 5.32 Å². The largest absolute Gasteiger partial charge is 0.394 e. The van der Waals surface area contributed by atoms with E-state index in [1.165, 1.54) is 225 Å². The molecular weight excluding hydrogens is 971 g/mol. The Kier molecular flexibility index (Phi) is 54.6. The van der Waals surface area contributed by atoms with E-state index < -0.39 is 49.5 Å². The Balaban J connectivity index is 2.21. The fraction of sp³-hybridized carbons (Fsp3) is 0.812. The number of rotatable bonds is 57. The van der Waals surface area contributed by atoms with Crippen molar-refractivity contribution in [3.05, 3.63) is 72.9 Å². The first-order valence-electron chi connectivity index (χ1n) is 33.2. The average Bonchev–Trinajstić information content (AvgIpc) is 3.45. The summed E-state index contributed by atoms with van der Waals surface area (Å²) in [6.07, 6.45) is 74.2. The predicted molar refractivity (Wildman–Crippen MR) is 332 cm³/mol. The summed E-state index contributed by atoms with van der Waals surface area (Å²) in [6, 6.07) is -0.834. The minimum Gasteiger partial charge on any atom is -0.394 e. The van der Waals surface area contributed by atoms with Crippen LogP contribution in [0.25, 0.3) is 0 Å². The predicted octanol–water partition coefficient (Wildman–Crippen LogP) is 17.6. The molecule has 1 heterocycles. The molecule has 1 saturated heterocycles. The highest BCUT2D eigenvalue weighted by atomic mass is 16.7. The monoisotopic (exact) mass is 1100 g/mol. The summed E-state index contributed by atoms with van der Waals surface area (Å²) < 4.78 is 11.3. The third-order valence-electron chi connectivity index (χ3n) is 15.5. The molecule has 7 unspecified atom stereocenters. The van der Waals surface area contributed by atoms with Crippen LogP contribution in [0.3, 0.4) is 0 Å². The normalized spacial score (nSPS) is 19.1. The van der Waals surface area contributed by atoms with Gasteiger partial charge in [0.05, 0.1) is 25.4 Å². The van der Waals surface area contributed by atoms with E-state index in [1.807, 2.05) is 6.08 Å². The number of ether oxygens (including phenoxy) is 2. The smallest absolute Gasteiger partial charge is 0.220 e. The number of aliphatic hydroxyl groups excluding tert-OH is 5. The molecule has 1 fully saturated rings. The van der Waals surface area contributed by atoms with E-state index in [-0.39, 0.29) is 12.5 Å². The third-order valence-corrected chi connectivity index (χ3v) is 15.5. The first-order valence-corrected chi connectivity index (χ1v) is 33.2. The van der Waals surface area contributed by atoms with Gasteiger partial charge in [-0.25, -0.2) is 0 Å². The number of aliphatic hydroxyl groups is 5. The van der Waals surface area contributed by atoms with E-state index in [0.717, 1.165) is 57.8 Å². The van der Waals surface area contributed by atoms with Gasteiger partial charge < -0.3 is 40.3 Å². The van der Waals surface area contributed by atoms with Crippen molar-refractivity contribution in [3.63, 3.8) is 0 Å². The Morgan fingerprint density at radius 1 is 0.436 bits per heavy atom. The molecule has 1 aliphatic rings. The van der Waals surface area contributed by atoms with Gasteiger partial charge in [0.2, 0.25) is 5.91 Å². The number of hydrogen-bond acceptors (Lipinski definition) is 8. The zero-order chi connectivity index (χ0) is 56.5. The van der Waals surface area contributed by atoms with Crippen LogP contribution in [-0.2, 0) is 14.3 Å². The molecule has 0 bridgehead atoms. The lowest BCUT2D eigenvalue weighted by Crippen LogP contribution is -2.60. The molecule has 0 saturated carbocycles. The van der Waals surface area contributed by atoms with Crippen molar-refractivity contribution >= 4 is 5.91 Å². The van der Waals surface area contributed by atoms with Crippen molar-refractivity contribution < 1.29 is 39.8 Å². The number of hydrogen-bond donors (Lipinski definition) is 6. The Morgan fingerprint density at radius 2 is 0.769 bits per heavy atom. The van der Waals surface area contributed by atoms with Gasteiger partial charge in [0, 0.05) is 6.42 Å². The third kappa shape index (κ3) is 46.3. The minimum absolute atomic E-state index is 0.192. The molecule has 1 aliphatic heterocycles. The molecular formula is C69H125NO8. The number of amides is 1. The van der Waals surface area contributed by atoms with Crippen molar-refractivity contribution in [2.24, 2.45) is 0 Å². The second kappa shape index (κ2) is 57.8. The van der Waals surface area contributed by atoms with E-state index in [1.54, 1.807) is 6.08 Å². The molecule has 454 valence electrons. The van der Waals surface area contributed by atoms with Gasteiger partial charge in [0.1, 0.15) is 24.4 Å². The lowest BCUT2D eigenvalue weighted by molar-refractivity contribution is -0.302. The fourth-order valence-electron chi connectivity index (χ4n) is 10.3. The number of carbonyl (C=O) groups is 1. The average molecular weight is 1100 g/mol. The molecule has 0 spiro atoms. The van der Waals surface area contributed by atoms with Crippen LogP contribution in [-0.4, -0.2) is 87.5 Å². The molecule has 9 heteroatoms. The molecule has 7 atom stereocenters. The Bertz CT molecular complexity index is 1460. The van der Waals surface area contributed by atoms with Crippen molar-refractivity contribution in [2.75, 3.05) is 13.2 Å². The number of unbranched alkanes of at least 4 members (excludes halogenated alkanes) is 37. The summed E-state index contributed by atoms with van der Waals surface area (Å²) >= 11 is 0. The van der Waals surface area contributed by atoms with Crippen molar-refractivity contribution in [3.8, 4) is 0 Å². The maximum absolute atomic E-state index is 13.1. The molecule has 1 rings (SSSR count). The topological polar surface area (TPSA) is 149 Å². The Hall–Kier alpha value is -2.37. The summed E-state index contributed by atoms with van der Waals surface area (Å²) in [5.74, 6) is -0.192. The summed E-state index contributed by atoms with van der Waals surface area (Å²) in [4.78, 5) is 13.1. The van der Waals surface area contributed by atoms with Gasteiger partial charge in [-0.15, -0.1) is 0 Å². The van der Waals surface area contributed by atoms with E-state index in [9.17, 15) is 30.3 Å². The maximum Gasteiger partial charge on any atom is 0.220 e. The van der Waals surface area contributed by atoms with Crippen LogP contribution in [0, 0.1) is 0 Å². The summed E-state index contributed by atoms with van der Waals surface area (Å²) in [5, 5.41) is 54.7.